The Morgan fingerprint density at radius 1 is 1.07 bits per heavy atom. The average molecular weight is 550 g/mol. The second-order valence-corrected chi connectivity index (χ2v) is 9.58. The Labute approximate surface area is 226 Å². The van der Waals surface area contributed by atoms with Gasteiger partial charge in [-0.05, 0) is 54.3 Å². The van der Waals surface area contributed by atoms with Crippen LogP contribution in [0.15, 0.2) is 48.7 Å². The summed E-state index contributed by atoms with van der Waals surface area (Å²) < 4.78 is 58.4. The minimum atomic E-state index is -1.40. The number of aromatic nitrogens is 1. The lowest BCUT2D eigenvalue weighted by Crippen LogP contribution is -2.40. The van der Waals surface area contributed by atoms with Gasteiger partial charge >= 0.3 is 6.09 Å². The molecule has 7 nitrogen and oxygen atoms in total. The molecule has 0 spiro atoms. The number of nitriles is 1. The van der Waals surface area contributed by atoms with Gasteiger partial charge in [-0.15, -0.1) is 0 Å². The molecule has 1 amide bonds. The van der Waals surface area contributed by atoms with Crippen LogP contribution in [0.5, 0.6) is 0 Å². The Balaban J connectivity index is 1.79. The highest BCUT2D eigenvalue weighted by atomic mass is 19.2. The first-order valence-electron chi connectivity index (χ1n) is 12.4. The molecule has 0 unspecified atom stereocenters. The molecule has 0 bridgehead atoms. The molecular formula is C29H23F4N5O2. The number of rotatable bonds is 5. The SMILES string of the molecule is N#Cc1cc(F)c(F)c(-c2ccc3ncc(-c4cc(F)cc(F)c4)c(N4CCC(N)CC4)c3c2)c1CNC(=O)O. The van der Waals surface area contributed by atoms with Crippen LogP contribution in [0, 0.1) is 34.6 Å². The van der Waals surface area contributed by atoms with Crippen molar-refractivity contribution in [3.05, 3.63) is 83.1 Å². The van der Waals surface area contributed by atoms with Gasteiger partial charge in [-0.1, -0.05) is 6.07 Å². The molecular weight excluding hydrogens is 526 g/mol. The van der Waals surface area contributed by atoms with Crippen LogP contribution in [-0.2, 0) is 6.54 Å². The van der Waals surface area contributed by atoms with Crippen LogP contribution in [0.3, 0.4) is 0 Å². The minimum Gasteiger partial charge on any atom is -0.465 e. The van der Waals surface area contributed by atoms with Crippen molar-refractivity contribution in [1.82, 2.24) is 10.3 Å². The number of nitrogens with two attached hydrogens (primary N) is 1. The van der Waals surface area contributed by atoms with Crippen molar-refractivity contribution < 1.29 is 27.5 Å². The zero-order valence-corrected chi connectivity index (χ0v) is 21.0. The molecule has 1 aliphatic rings. The second kappa shape index (κ2) is 10.8. The number of piperidine rings is 1. The van der Waals surface area contributed by atoms with Crippen LogP contribution in [0.1, 0.15) is 24.0 Å². The number of benzene rings is 3. The maximum atomic E-state index is 15.3. The highest BCUT2D eigenvalue weighted by Gasteiger charge is 2.25. The molecule has 1 aliphatic heterocycles. The molecule has 3 aromatic carbocycles. The van der Waals surface area contributed by atoms with Crippen molar-refractivity contribution in [3.8, 4) is 28.3 Å². The molecule has 1 aromatic heterocycles. The highest BCUT2D eigenvalue weighted by Crippen LogP contribution is 2.41. The van der Waals surface area contributed by atoms with Crippen LogP contribution in [-0.4, -0.2) is 35.3 Å². The summed E-state index contributed by atoms with van der Waals surface area (Å²) >= 11 is 0. The van der Waals surface area contributed by atoms with Gasteiger partial charge in [-0.3, -0.25) is 4.98 Å². The summed E-state index contributed by atoms with van der Waals surface area (Å²) in [6, 6.07) is 10.3. The number of carboxylic acid groups (broad SMARTS) is 1. The summed E-state index contributed by atoms with van der Waals surface area (Å²) in [4.78, 5) is 17.7. The van der Waals surface area contributed by atoms with Gasteiger partial charge in [0.15, 0.2) is 11.6 Å². The van der Waals surface area contributed by atoms with E-state index in [0.717, 1.165) is 12.1 Å². The second-order valence-electron chi connectivity index (χ2n) is 9.58. The Bertz CT molecular complexity index is 1660. The Morgan fingerprint density at radius 2 is 1.77 bits per heavy atom. The van der Waals surface area contributed by atoms with Gasteiger partial charge in [-0.25, -0.2) is 22.4 Å². The van der Waals surface area contributed by atoms with Crippen LogP contribution in [0.2, 0.25) is 0 Å². The molecule has 5 rings (SSSR count). The molecule has 4 N–H and O–H groups in total. The van der Waals surface area contributed by atoms with E-state index in [1.807, 2.05) is 4.90 Å². The van der Waals surface area contributed by atoms with E-state index in [9.17, 15) is 23.2 Å². The molecule has 11 heteroatoms. The molecule has 40 heavy (non-hydrogen) atoms. The number of pyridine rings is 1. The molecule has 0 radical (unpaired) electrons. The smallest absolute Gasteiger partial charge is 0.404 e. The molecule has 0 saturated carbocycles. The van der Waals surface area contributed by atoms with E-state index in [2.05, 4.69) is 10.3 Å². The monoisotopic (exact) mass is 549 g/mol. The number of nitrogens with one attached hydrogen (secondary N) is 1. The Hall–Kier alpha value is -4.69. The van der Waals surface area contributed by atoms with E-state index < -0.39 is 35.9 Å². The predicted molar refractivity (Wildman–Crippen MR) is 141 cm³/mol. The van der Waals surface area contributed by atoms with Gasteiger partial charge in [0.25, 0.3) is 0 Å². The van der Waals surface area contributed by atoms with E-state index >= 15 is 4.39 Å². The predicted octanol–water partition coefficient (Wildman–Crippen LogP) is 5.69. The summed E-state index contributed by atoms with van der Waals surface area (Å²) in [5.74, 6) is -4.05. The fourth-order valence-corrected chi connectivity index (χ4v) is 5.13. The van der Waals surface area contributed by atoms with Gasteiger partial charge in [-0.2, -0.15) is 5.26 Å². The van der Waals surface area contributed by atoms with Gasteiger partial charge in [0.05, 0.1) is 22.8 Å². The summed E-state index contributed by atoms with van der Waals surface area (Å²) in [6.45, 7) is 0.631. The third-order valence-corrected chi connectivity index (χ3v) is 7.02. The number of hydrogen-bond donors (Lipinski definition) is 3. The van der Waals surface area contributed by atoms with Gasteiger partial charge in [0, 0.05) is 60.0 Å². The summed E-state index contributed by atoms with van der Waals surface area (Å²) in [5, 5.41) is 21.3. The fourth-order valence-electron chi connectivity index (χ4n) is 5.13. The van der Waals surface area contributed by atoms with E-state index in [4.69, 9.17) is 10.8 Å². The number of fused-ring (bicyclic) bond motifs is 1. The first kappa shape index (κ1) is 26.9. The molecule has 1 fully saturated rings. The molecule has 2 heterocycles. The lowest BCUT2D eigenvalue weighted by Gasteiger charge is -2.34. The Morgan fingerprint density at radius 3 is 2.42 bits per heavy atom. The third-order valence-electron chi connectivity index (χ3n) is 7.02. The number of hydrogen-bond acceptors (Lipinski definition) is 5. The number of halogens is 4. The van der Waals surface area contributed by atoms with Crippen molar-refractivity contribution in [2.75, 3.05) is 18.0 Å². The normalized spacial score (nSPS) is 13.8. The van der Waals surface area contributed by atoms with Crippen molar-refractivity contribution in [1.29, 1.82) is 5.26 Å². The number of anilines is 1. The van der Waals surface area contributed by atoms with Crippen LogP contribution < -0.4 is 16.0 Å². The van der Waals surface area contributed by atoms with Crippen LogP contribution in [0.4, 0.5) is 28.0 Å². The molecule has 0 atom stereocenters. The van der Waals surface area contributed by atoms with Crippen molar-refractivity contribution in [2.45, 2.75) is 25.4 Å². The fraction of sp³-hybridized carbons (Fsp3) is 0.207. The zero-order chi connectivity index (χ0) is 28.6. The molecule has 4 aromatic rings. The van der Waals surface area contributed by atoms with Crippen molar-refractivity contribution >= 4 is 22.7 Å². The van der Waals surface area contributed by atoms with Gasteiger partial charge in [0.1, 0.15) is 11.6 Å². The topological polar surface area (TPSA) is 115 Å². The summed E-state index contributed by atoms with van der Waals surface area (Å²) in [6.07, 6.45) is 1.43. The summed E-state index contributed by atoms with van der Waals surface area (Å²) in [5.41, 5.74) is 7.49. The van der Waals surface area contributed by atoms with Crippen molar-refractivity contribution in [3.63, 3.8) is 0 Å². The standard InChI is InChI=1S/C29H23F4N5O2/c30-18-7-16(8-19(31)11-18)23-14-36-25-2-1-15(9-21(25)28(23)38-5-3-20(35)4-6-38)26-22(13-37-29(39)40)17(12-34)10-24(32)27(26)33/h1-2,7-11,14,20,37H,3-6,13,35H2,(H,39,40). The quantitative estimate of drug-likeness (QED) is 0.276. The largest absolute Gasteiger partial charge is 0.465 e. The summed E-state index contributed by atoms with van der Waals surface area (Å²) in [7, 11) is 0. The van der Waals surface area contributed by atoms with Gasteiger partial charge in [0.2, 0.25) is 0 Å². The zero-order valence-electron chi connectivity index (χ0n) is 21.0. The van der Waals surface area contributed by atoms with E-state index in [1.54, 1.807) is 18.2 Å². The van der Waals surface area contributed by atoms with Gasteiger partial charge < -0.3 is 21.1 Å². The maximum absolute atomic E-state index is 15.3. The number of amides is 1. The van der Waals surface area contributed by atoms with Crippen molar-refractivity contribution in [2.24, 2.45) is 5.73 Å². The average Bonchev–Trinajstić information content (AvgIpc) is 2.92. The van der Waals surface area contributed by atoms with E-state index in [1.165, 1.54) is 24.4 Å². The molecule has 0 aliphatic carbocycles. The Kier molecular flexibility index (Phi) is 7.28. The molecule has 204 valence electrons. The first-order valence-corrected chi connectivity index (χ1v) is 12.4. The maximum Gasteiger partial charge on any atom is 0.404 e. The van der Waals surface area contributed by atoms with Crippen LogP contribution >= 0.6 is 0 Å². The lowest BCUT2D eigenvalue weighted by molar-refractivity contribution is 0.194. The number of nitrogens with zero attached hydrogens (tertiary/aromatic N) is 3. The minimum absolute atomic E-state index is 0.00920. The van der Waals surface area contributed by atoms with Crippen LogP contribution in [0.25, 0.3) is 33.2 Å². The lowest BCUT2D eigenvalue weighted by atomic mass is 9.92. The third kappa shape index (κ3) is 5.13. The molecule has 1 saturated heterocycles. The first-order chi connectivity index (χ1) is 19.2. The highest BCUT2D eigenvalue weighted by molar-refractivity contribution is 6.02. The number of carbonyl (C=O) groups is 1. The van der Waals surface area contributed by atoms with E-state index in [0.29, 0.717) is 48.1 Å². The van der Waals surface area contributed by atoms with E-state index in [-0.39, 0.29) is 33.9 Å².